The maximum absolute atomic E-state index is 12.7. The van der Waals surface area contributed by atoms with Crippen molar-refractivity contribution in [2.24, 2.45) is 0 Å². The molecule has 3 heterocycles. The average molecular weight is 591 g/mol. The second kappa shape index (κ2) is 16.0. The fourth-order valence-corrected chi connectivity index (χ4v) is 5.97. The number of fused-ring (bicyclic) bond motifs is 1. The van der Waals surface area contributed by atoms with E-state index < -0.39 is 17.0 Å². The molecular formula is C31H50N4O7. The van der Waals surface area contributed by atoms with E-state index in [-0.39, 0.29) is 30.0 Å². The van der Waals surface area contributed by atoms with Crippen LogP contribution in [0.2, 0.25) is 0 Å². The lowest BCUT2D eigenvalue weighted by atomic mass is 10.1. The van der Waals surface area contributed by atoms with Gasteiger partial charge in [0.2, 0.25) is 0 Å². The number of unbranched alkanes of at least 4 members (excludes halogenated alkanes) is 9. The number of nitrogens with zero attached hydrogens (tertiary/aromatic N) is 3. The van der Waals surface area contributed by atoms with Crippen molar-refractivity contribution in [3.8, 4) is 0 Å². The number of ether oxygens (including phenoxy) is 4. The lowest BCUT2D eigenvalue weighted by Gasteiger charge is -2.36. The smallest absolute Gasteiger partial charge is 0.321 e. The first-order valence-electron chi connectivity index (χ1n) is 15.9. The Morgan fingerprint density at radius 2 is 1.55 bits per heavy atom. The van der Waals surface area contributed by atoms with Crippen LogP contribution in [0.4, 0.5) is 16.2 Å². The number of anilines is 1. The van der Waals surface area contributed by atoms with Crippen LogP contribution in [0.5, 0.6) is 0 Å². The molecular weight excluding hydrogens is 540 g/mol. The van der Waals surface area contributed by atoms with E-state index in [1.54, 1.807) is 17.0 Å². The molecule has 3 aliphatic heterocycles. The molecule has 42 heavy (non-hydrogen) atoms. The lowest BCUT2D eigenvalue weighted by Crippen LogP contribution is -2.52. The summed E-state index contributed by atoms with van der Waals surface area (Å²) < 4.78 is 25.0. The largest absolute Gasteiger partial charge is 0.350 e. The molecule has 11 nitrogen and oxygen atoms in total. The molecule has 0 aromatic heterocycles. The monoisotopic (exact) mass is 590 g/mol. The normalized spacial score (nSPS) is 25.5. The van der Waals surface area contributed by atoms with Gasteiger partial charge in [-0.15, -0.1) is 0 Å². The summed E-state index contributed by atoms with van der Waals surface area (Å²) in [5.41, 5.74) is 0.521. The third-order valence-corrected chi connectivity index (χ3v) is 8.31. The first-order valence-corrected chi connectivity index (χ1v) is 15.9. The number of rotatable bonds is 16. The van der Waals surface area contributed by atoms with E-state index in [2.05, 4.69) is 17.1 Å². The summed E-state index contributed by atoms with van der Waals surface area (Å²) >= 11 is 0. The molecule has 4 atom stereocenters. The summed E-state index contributed by atoms with van der Waals surface area (Å²) in [4.78, 5) is 27.2. The van der Waals surface area contributed by atoms with Crippen molar-refractivity contribution in [3.63, 3.8) is 0 Å². The van der Waals surface area contributed by atoms with Crippen LogP contribution in [0.1, 0.15) is 85.0 Å². The van der Waals surface area contributed by atoms with E-state index in [1.165, 1.54) is 69.9 Å². The highest BCUT2D eigenvalue weighted by molar-refractivity contribution is 5.89. The Bertz CT molecular complexity index is 984. The number of carbonyl (C=O) groups is 1. The minimum Gasteiger partial charge on any atom is -0.350 e. The van der Waals surface area contributed by atoms with E-state index in [0.29, 0.717) is 45.0 Å². The summed E-state index contributed by atoms with van der Waals surface area (Å²) in [6.45, 7) is 10.0. The van der Waals surface area contributed by atoms with Gasteiger partial charge < -0.3 is 29.2 Å². The quantitative estimate of drug-likeness (QED) is 0.143. The summed E-state index contributed by atoms with van der Waals surface area (Å²) in [5.74, 6) is -0.676. The van der Waals surface area contributed by atoms with E-state index in [1.807, 2.05) is 13.8 Å². The van der Waals surface area contributed by atoms with Crippen LogP contribution in [0.15, 0.2) is 24.3 Å². The van der Waals surface area contributed by atoms with Crippen LogP contribution >= 0.6 is 0 Å². The van der Waals surface area contributed by atoms with Crippen LogP contribution in [-0.4, -0.2) is 90.5 Å². The van der Waals surface area contributed by atoms with Gasteiger partial charge in [-0.1, -0.05) is 64.7 Å². The van der Waals surface area contributed by atoms with Gasteiger partial charge in [0.1, 0.15) is 18.3 Å². The highest BCUT2D eigenvalue weighted by Gasteiger charge is 2.56. The molecule has 0 unspecified atom stereocenters. The number of nitrogens with one attached hydrogen (secondary N) is 1. The summed E-state index contributed by atoms with van der Waals surface area (Å²) in [6, 6.07) is 5.63. The Balaban J connectivity index is 1.15. The van der Waals surface area contributed by atoms with Crippen molar-refractivity contribution in [1.82, 2.24) is 9.80 Å². The molecule has 1 aromatic carbocycles. The molecule has 0 saturated carbocycles. The van der Waals surface area contributed by atoms with Gasteiger partial charge in [-0.05, 0) is 32.4 Å². The SMILES string of the molecule is CCCCCCCCCCCCO[C@H]1O[C@H](CN2CCN(C(=O)Nc3ccc([N+](=O)[O-])cc3)CC2)[C@@H]2OC(C)(C)O[C@H]12. The van der Waals surface area contributed by atoms with Gasteiger partial charge in [0.15, 0.2) is 12.1 Å². The second-order valence-electron chi connectivity index (χ2n) is 12.2. The topological polar surface area (TPSA) is 116 Å². The summed E-state index contributed by atoms with van der Waals surface area (Å²) in [7, 11) is 0. The van der Waals surface area contributed by atoms with Gasteiger partial charge in [-0.3, -0.25) is 15.0 Å². The number of non-ortho nitro benzene ring substituents is 1. The Hall–Kier alpha value is -2.31. The maximum Gasteiger partial charge on any atom is 0.321 e. The molecule has 11 heteroatoms. The molecule has 3 saturated heterocycles. The zero-order chi connectivity index (χ0) is 30.0. The first kappa shape index (κ1) is 32.6. The van der Waals surface area contributed by atoms with E-state index in [0.717, 1.165) is 6.42 Å². The summed E-state index contributed by atoms with van der Waals surface area (Å²) in [6.07, 6.45) is 11.8. The van der Waals surface area contributed by atoms with Gasteiger partial charge >= 0.3 is 6.03 Å². The van der Waals surface area contributed by atoms with Gasteiger partial charge in [-0.2, -0.15) is 0 Å². The molecule has 3 fully saturated rings. The van der Waals surface area contributed by atoms with E-state index in [4.69, 9.17) is 18.9 Å². The molecule has 236 valence electrons. The van der Waals surface area contributed by atoms with Crippen molar-refractivity contribution in [2.45, 2.75) is 115 Å². The Kier molecular flexibility index (Phi) is 12.4. The number of urea groups is 1. The van der Waals surface area contributed by atoms with Gasteiger partial charge in [0.25, 0.3) is 5.69 Å². The molecule has 0 aliphatic carbocycles. The third kappa shape index (κ3) is 9.60. The molecule has 3 aliphatic rings. The Morgan fingerprint density at radius 3 is 2.17 bits per heavy atom. The lowest BCUT2D eigenvalue weighted by molar-refractivity contribution is -0.384. The van der Waals surface area contributed by atoms with E-state index in [9.17, 15) is 14.9 Å². The number of amides is 2. The Labute approximate surface area is 250 Å². The third-order valence-electron chi connectivity index (χ3n) is 8.31. The van der Waals surface area contributed by atoms with Crippen LogP contribution in [-0.2, 0) is 18.9 Å². The van der Waals surface area contributed by atoms with Gasteiger partial charge in [0, 0.05) is 57.2 Å². The van der Waals surface area contributed by atoms with Crippen LogP contribution in [0.25, 0.3) is 0 Å². The summed E-state index contributed by atoms with van der Waals surface area (Å²) in [5, 5.41) is 13.7. The van der Waals surface area contributed by atoms with Crippen molar-refractivity contribution in [2.75, 3.05) is 44.6 Å². The number of hydrogen-bond acceptors (Lipinski definition) is 8. The zero-order valence-electron chi connectivity index (χ0n) is 25.6. The number of hydrogen-bond donors (Lipinski definition) is 1. The molecule has 2 amide bonds. The van der Waals surface area contributed by atoms with Crippen molar-refractivity contribution >= 4 is 17.4 Å². The van der Waals surface area contributed by atoms with E-state index >= 15 is 0 Å². The van der Waals surface area contributed by atoms with Gasteiger partial charge in [0.05, 0.1) is 4.92 Å². The van der Waals surface area contributed by atoms with Crippen LogP contribution < -0.4 is 5.32 Å². The fourth-order valence-electron chi connectivity index (χ4n) is 5.97. The molecule has 1 aromatic rings. The minimum atomic E-state index is -0.676. The molecule has 0 bridgehead atoms. The predicted molar refractivity (Wildman–Crippen MR) is 160 cm³/mol. The fraction of sp³-hybridized carbons (Fsp3) is 0.774. The standard InChI is InChI=1S/C31H50N4O7/c1-4-5-6-7-8-9-10-11-12-13-22-39-29-28-27(41-31(2,3)42-28)26(40-29)23-33-18-20-34(21-19-33)30(36)32-24-14-16-25(17-15-24)35(37)38/h14-17,26-29H,4-13,18-23H2,1-3H3,(H,32,36)/t26-,27+,28+,29+/m1/s1. The number of carbonyl (C=O) groups excluding carboxylic acids is 1. The highest BCUT2D eigenvalue weighted by Crippen LogP contribution is 2.39. The van der Waals surface area contributed by atoms with Crippen molar-refractivity contribution in [3.05, 3.63) is 34.4 Å². The molecule has 1 N–H and O–H groups in total. The molecule has 4 rings (SSSR count). The molecule has 0 spiro atoms. The first-order chi connectivity index (χ1) is 20.3. The number of nitro groups is 1. The number of benzene rings is 1. The Morgan fingerprint density at radius 1 is 0.952 bits per heavy atom. The highest BCUT2D eigenvalue weighted by atomic mass is 16.8. The molecule has 0 radical (unpaired) electrons. The number of nitro benzene ring substituents is 1. The van der Waals surface area contributed by atoms with Crippen molar-refractivity contribution in [1.29, 1.82) is 0 Å². The van der Waals surface area contributed by atoms with Crippen LogP contribution in [0, 0.1) is 10.1 Å². The van der Waals surface area contributed by atoms with Gasteiger partial charge in [-0.25, -0.2) is 4.79 Å². The zero-order valence-corrected chi connectivity index (χ0v) is 25.6. The average Bonchev–Trinajstić information content (AvgIpc) is 3.45. The predicted octanol–water partition coefficient (Wildman–Crippen LogP) is 5.93. The van der Waals surface area contributed by atoms with Crippen molar-refractivity contribution < 1.29 is 28.7 Å². The maximum atomic E-state index is 12.7. The number of piperazine rings is 1. The minimum absolute atomic E-state index is 0.00976. The van der Waals surface area contributed by atoms with Crippen LogP contribution in [0.3, 0.4) is 0 Å². The second-order valence-corrected chi connectivity index (χ2v) is 12.2.